The molecule has 0 aliphatic rings. The standard InChI is InChI=1S/C12H13N5/c13-12-10-4-1-2-5-11(10)17(15-12)9-8-16-7-3-6-14-16/h1-7H,8-9H2,(H2,13,15). The number of hydrogen-bond acceptors (Lipinski definition) is 3. The first-order valence-electron chi connectivity index (χ1n) is 5.53. The fourth-order valence-corrected chi connectivity index (χ4v) is 1.95. The van der Waals surface area contributed by atoms with E-state index >= 15 is 0 Å². The number of hydrogen-bond donors (Lipinski definition) is 1. The van der Waals surface area contributed by atoms with Crippen molar-refractivity contribution in [2.24, 2.45) is 0 Å². The first kappa shape index (κ1) is 9.89. The molecule has 3 aromatic rings. The Labute approximate surface area is 98.5 Å². The molecule has 3 rings (SSSR count). The van der Waals surface area contributed by atoms with Gasteiger partial charge in [-0.1, -0.05) is 12.1 Å². The first-order chi connectivity index (χ1) is 8.34. The van der Waals surface area contributed by atoms with Crippen molar-refractivity contribution in [2.75, 3.05) is 5.73 Å². The summed E-state index contributed by atoms with van der Waals surface area (Å²) in [5.41, 5.74) is 6.94. The number of nitrogen functional groups attached to an aromatic ring is 1. The Bertz CT molecular complexity index is 623. The summed E-state index contributed by atoms with van der Waals surface area (Å²) in [6.07, 6.45) is 3.71. The summed E-state index contributed by atoms with van der Waals surface area (Å²) in [6.45, 7) is 1.55. The zero-order chi connectivity index (χ0) is 11.7. The van der Waals surface area contributed by atoms with Crippen LogP contribution in [0.15, 0.2) is 42.7 Å². The Morgan fingerprint density at radius 2 is 2.00 bits per heavy atom. The highest BCUT2D eigenvalue weighted by atomic mass is 15.3. The Morgan fingerprint density at radius 1 is 1.12 bits per heavy atom. The van der Waals surface area contributed by atoms with Crippen molar-refractivity contribution < 1.29 is 0 Å². The van der Waals surface area contributed by atoms with E-state index in [2.05, 4.69) is 10.2 Å². The van der Waals surface area contributed by atoms with Gasteiger partial charge in [-0.3, -0.25) is 9.36 Å². The molecule has 5 heteroatoms. The largest absolute Gasteiger partial charge is 0.382 e. The van der Waals surface area contributed by atoms with E-state index in [1.807, 2.05) is 45.9 Å². The van der Waals surface area contributed by atoms with E-state index in [0.717, 1.165) is 24.0 Å². The van der Waals surface area contributed by atoms with Crippen LogP contribution in [0.5, 0.6) is 0 Å². The number of aryl methyl sites for hydroxylation is 2. The van der Waals surface area contributed by atoms with Crippen LogP contribution in [0.3, 0.4) is 0 Å². The highest BCUT2D eigenvalue weighted by molar-refractivity contribution is 5.88. The molecule has 0 atom stereocenters. The van der Waals surface area contributed by atoms with Crippen LogP contribution in [0.1, 0.15) is 0 Å². The number of rotatable bonds is 3. The minimum absolute atomic E-state index is 0.584. The molecule has 5 nitrogen and oxygen atoms in total. The zero-order valence-electron chi connectivity index (χ0n) is 9.32. The highest BCUT2D eigenvalue weighted by Crippen LogP contribution is 2.19. The van der Waals surface area contributed by atoms with Gasteiger partial charge in [-0.25, -0.2) is 0 Å². The van der Waals surface area contributed by atoms with Gasteiger partial charge < -0.3 is 5.73 Å². The minimum Gasteiger partial charge on any atom is -0.382 e. The molecule has 17 heavy (non-hydrogen) atoms. The Hall–Kier alpha value is -2.30. The maximum absolute atomic E-state index is 5.87. The second kappa shape index (κ2) is 3.93. The molecule has 0 saturated carbocycles. The van der Waals surface area contributed by atoms with Gasteiger partial charge in [-0.15, -0.1) is 0 Å². The van der Waals surface area contributed by atoms with Crippen molar-refractivity contribution in [3.63, 3.8) is 0 Å². The number of benzene rings is 1. The van der Waals surface area contributed by atoms with Crippen LogP contribution in [0, 0.1) is 0 Å². The van der Waals surface area contributed by atoms with Crippen molar-refractivity contribution in [3.05, 3.63) is 42.7 Å². The van der Waals surface area contributed by atoms with Gasteiger partial charge in [-0.2, -0.15) is 10.2 Å². The van der Waals surface area contributed by atoms with Gasteiger partial charge in [0.05, 0.1) is 18.6 Å². The SMILES string of the molecule is Nc1nn(CCn2cccn2)c2ccccc12. The second-order valence-electron chi connectivity index (χ2n) is 3.89. The number of aromatic nitrogens is 4. The summed E-state index contributed by atoms with van der Waals surface area (Å²) in [5, 5.41) is 9.51. The molecule has 86 valence electrons. The third-order valence-electron chi connectivity index (χ3n) is 2.79. The topological polar surface area (TPSA) is 61.7 Å². The fraction of sp³-hybridized carbons (Fsp3) is 0.167. The van der Waals surface area contributed by atoms with E-state index in [1.165, 1.54) is 0 Å². The predicted molar refractivity (Wildman–Crippen MR) is 66.4 cm³/mol. The maximum Gasteiger partial charge on any atom is 0.153 e. The van der Waals surface area contributed by atoms with Gasteiger partial charge in [0, 0.05) is 17.8 Å². The number of nitrogens with zero attached hydrogens (tertiary/aromatic N) is 4. The normalized spacial score (nSPS) is 11.1. The molecule has 2 aromatic heterocycles. The molecule has 0 amide bonds. The van der Waals surface area contributed by atoms with Crippen LogP contribution >= 0.6 is 0 Å². The van der Waals surface area contributed by atoms with Crippen molar-refractivity contribution in [1.29, 1.82) is 0 Å². The maximum atomic E-state index is 5.87. The third kappa shape index (κ3) is 1.75. The smallest absolute Gasteiger partial charge is 0.153 e. The van der Waals surface area contributed by atoms with Crippen LogP contribution < -0.4 is 5.73 Å². The van der Waals surface area contributed by atoms with Crippen molar-refractivity contribution >= 4 is 16.7 Å². The number of fused-ring (bicyclic) bond motifs is 1. The molecule has 0 aliphatic carbocycles. The number of anilines is 1. The lowest BCUT2D eigenvalue weighted by Gasteiger charge is -2.03. The van der Waals surface area contributed by atoms with E-state index in [1.54, 1.807) is 6.20 Å². The lowest BCUT2D eigenvalue weighted by Crippen LogP contribution is -2.09. The summed E-state index contributed by atoms with van der Waals surface area (Å²) in [6, 6.07) is 9.89. The molecule has 1 aromatic carbocycles. The molecule has 0 radical (unpaired) electrons. The van der Waals surface area contributed by atoms with Gasteiger partial charge >= 0.3 is 0 Å². The molecule has 0 fully saturated rings. The average Bonchev–Trinajstić information content (AvgIpc) is 2.96. The van der Waals surface area contributed by atoms with Crippen LogP contribution in [-0.2, 0) is 13.1 Å². The summed E-state index contributed by atoms with van der Waals surface area (Å²) >= 11 is 0. The predicted octanol–water partition coefficient (Wildman–Crippen LogP) is 1.52. The van der Waals surface area contributed by atoms with Gasteiger partial charge in [0.15, 0.2) is 5.82 Å². The summed E-state index contributed by atoms with van der Waals surface area (Å²) < 4.78 is 3.80. The lowest BCUT2D eigenvalue weighted by molar-refractivity contribution is 0.511. The van der Waals surface area contributed by atoms with Gasteiger partial charge in [0.25, 0.3) is 0 Å². The fourth-order valence-electron chi connectivity index (χ4n) is 1.95. The molecular formula is C12H13N5. The molecule has 0 saturated heterocycles. The molecule has 0 bridgehead atoms. The van der Waals surface area contributed by atoms with Crippen molar-refractivity contribution in [1.82, 2.24) is 19.6 Å². The van der Waals surface area contributed by atoms with Gasteiger partial charge in [0.1, 0.15) is 0 Å². The van der Waals surface area contributed by atoms with Crippen LogP contribution in [0.4, 0.5) is 5.82 Å². The quantitative estimate of drug-likeness (QED) is 0.737. The highest BCUT2D eigenvalue weighted by Gasteiger charge is 2.06. The molecular weight excluding hydrogens is 214 g/mol. The van der Waals surface area contributed by atoms with Gasteiger partial charge in [-0.05, 0) is 18.2 Å². The first-order valence-corrected chi connectivity index (χ1v) is 5.53. The monoisotopic (exact) mass is 227 g/mol. The molecule has 0 spiro atoms. The van der Waals surface area contributed by atoms with Crippen molar-refractivity contribution in [2.45, 2.75) is 13.1 Å². The summed E-state index contributed by atoms with van der Waals surface area (Å²) in [7, 11) is 0. The third-order valence-corrected chi connectivity index (χ3v) is 2.79. The molecule has 2 heterocycles. The molecule has 0 unspecified atom stereocenters. The zero-order valence-corrected chi connectivity index (χ0v) is 9.32. The summed E-state index contributed by atoms with van der Waals surface area (Å²) in [4.78, 5) is 0. The molecule has 0 aliphatic heterocycles. The van der Waals surface area contributed by atoms with Gasteiger partial charge in [0.2, 0.25) is 0 Å². The molecule has 2 N–H and O–H groups in total. The lowest BCUT2D eigenvalue weighted by atomic mass is 10.2. The average molecular weight is 227 g/mol. The second-order valence-corrected chi connectivity index (χ2v) is 3.89. The van der Waals surface area contributed by atoms with Crippen LogP contribution in [-0.4, -0.2) is 19.6 Å². The van der Waals surface area contributed by atoms with E-state index in [-0.39, 0.29) is 0 Å². The van der Waals surface area contributed by atoms with E-state index in [0.29, 0.717) is 5.82 Å². The minimum atomic E-state index is 0.584. The number of nitrogens with two attached hydrogens (primary N) is 1. The Balaban J connectivity index is 1.90. The summed E-state index contributed by atoms with van der Waals surface area (Å²) in [5.74, 6) is 0.584. The van der Waals surface area contributed by atoms with Crippen LogP contribution in [0.25, 0.3) is 10.9 Å². The Morgan fingerprint density at radius 3 is 2.82 bits per heavy atom. The Kier molecular flexibility index (Phi) is 2.29. The van der Waals surface area contributed by atoms with E-state index in [4.69, 9.17) is 5.73 Å². The van der Waals surface area contributed by atoms with Crippen LogP contribution in [0.2, 0.25) is 0 Å². The number of para-hydroxylation sites is 1. The van der Waals surface area contributed by atoms with E-state index < -0.39 is 0 Å². The van der Waals surface area contributed by atoms with E-state index in [9.17, 15) is 0 Å². The van der Waals surface area contributed by atoms with Crippen molar-refractivity contribution in [3.8, 4) is 0 Å².